The summed E-state index contributed by atoms with van der Waals surface area (Å²) in [5, 5.41) is 0.589. The van der Waals surface area contributed by atoms with Crippen LogP contribution in [0.25, 0.3) is 10.9 Å². The average Bonchev–Trinajstić information content (AvgIpc) is 2.48. The fourth-order valence-electron chi connectivity index (χ4n) is 2.21. The molecular formula is C15H17ClN2O3. The number of unbranched alkanes of at least 4 members (excludes halogenated alkanes) is 1. The second kappa shape index (κ2) is 7.22. The number of hydrogen-bond acceptors (Lipinski definition) is 4. The molecule has 1 aromatic heterocycles. The Morgan fingerprint density at radius 1 is 1.33 bits per heavy atom. The van der Waals surface area contributed by atoms with E-state index >= 15 is 0 Å². The first kappa shape index (κ1) is 15.5. The number of nitrogens with zero attached hydrogens (tertiary/aromatic N) is 2. The Hall–Kier alpha value is -1.88. The number of benzene rings is 1. The summed E-state index contributed by atoms with van der Waals surface area (Å²) >= 11 is 5.89. The van der Waals surface area contributed by atoms with Gasteiger partial charge in [-0.1, -0.05) is 12.1 Å². The smallest absolute Gasteiger partial charge is 0.302 e. The van der Waals surface area contributed by atoms with Gasteiger partial charge in [0.2, 0.25) is 0 Å². The standard InChI is InChI=1S/C15H17ClN2O3/c1-11(19)21-9-5-4-8-18-13-7-3-2-6-12(13)15(20)17-14(18)10-16/h2-3,6-7H,4-5,8-10H2,1H3. The van der Waals surface area contributed by atoms with Gasteiger partial charge in [0.25, 0.3) is 5.56 Å². The number of ether oxygens (including phenoxy) is 1. The number of aryl methyl sites for hydroxylation is 1. The number of halogens is 1. The topological polar surface area (TPSA) is 61.2 Å². The summed E-state index contributed by atoms with van der Waals surface area (Å²) in [4.78, 5) is 26.7. The van der Waals surface area contributed by atoms with Gasteiger partial charge in [-0.25, -0.2) is 0 Å². The number of rotatable bonds is 6. The zero-order valence-electron chi connectivity index (χ0n) is 11.8. The number of carbonyl (C=O) groups is 1. The third-order valence-electron chi connectivity index (χ3n) is 3.17. The first-order chi connectivity index (χ1) is 10.1. The van der Waals surface area contributed by atoms with Crippen LogP contribution in [0.5, 0.6) is 0 Å². The molecule has 0 N–H and O–H groups in total. The van der Waals surface area contributed by atoms with Gasteiger partial charge in [-0.2, -0.15) is 4.98 Å². The minimum atomic E-state index is -0.271. The van der Waals surface area contributed by atoms with Crippen molar-refractivity contribution in [1.82, 2.24) is 9.55 Å². The van der Waals surface area contributed by atoms with Crippen molar-refractivity contribution >= 4 is 28.5 Å². The van der Waals surface area contributed by atoms with Gasteiger partial charge in [0.1, 0.15) is 5.82 Å². The quantitative estimate of drug-likeness (QED) is 0.467. The lowest BCUT2D eigenvalue weighted by Crippen LogP contribution is -2.18. The molecule has 0 fully saturated rings. The molecule has 0 amide bonds. The first-order valence-corrected chi connectivity index (χ1v) is 7.34. The van der Waals surface area contributed by atoms with Gasteiger partial charge >= 0.3 is 5.97 Å². The Kier molecular flexibility index (Phi) is 5.33. The van der Waals surface area contributed by atoms with E-state index in [2.05, 4.69) is 4.98 Å². The Morgan fingerprint density at radius 2 is 2.10 bits per heavy atom. The summed E-state index contributed by atoms with van der Waals surface area (Å²) in [7, 11) is 0. The molecule has 0 aliphatic carbocycles. The van der Waals surface area contributed by atoms with E-state index in [0.29, 0.717) is 24.4 Å². The largest absolute Gasteiger partial charge is 0.466 e. The van der Waals surface area contributed by atoms with Crippen LogP contribution in [0.4, 0.5) is 0 Å². The van der Waals surface area contributed by atoms with E-state index in [1.54, 1.807) is 6.07 Å². The third-order valence-corrected chi connectivity index (χ3v) is 3.41. The van der Waals surface area contributed by atoms with Crippen molar-refractivity contribution in [3.8, 4) is 0 Å². The van der Waals surface area contributed by atoms with Gasteiger partial charge in [0.05, 0.1) is 23.4 Å². The molecule has 1 heterocycles. The molecule has 0 saturated carbocycles. The second-order valence-electron chi connectivity index (χ2n) is 4.68. The number of hydrogen-bond donors (Lipinski definition) is 0. The van der Waals surface area contributed by atoms with Crippen molar-refractivity contribution in [2.24, 2.45) is 0 Å². The molecule has 0 unspecified atom stereocenters. The van der Waals surface area contributed by atoms with Crippen molar-refractivity contribution in [1.29, 1.82) is 0 Å². The number of para-hydroxylation sites is 1. The van der Waals surface area contributed by atoms with Crippen molar-refractivity contribution in [2.45, 2.75) is 32.2 Å². The highest BCUT2D eigenvalue weighted by atomic mass is 35.5. The average molecular weight is 309 g/mol. The molecule has 0 atom stereocenters. The van der Waals surface area contributed by atoms with E-state index in [9.17, 15) is 9.59 Å². The maximum Gasteiger partial charge on any atom is 0.302 e. The van der Waals surface area contributed by atoms with E-state index in [1.807, 2.05) is 22.8 Å². The maximum absolute atomic E-state index is 11.9. The molecule has 0 bridgehead atoms. The molecule has 0 aliphatic rings. The highest BCUT2D eigenvalue weighted by Gasteiger charge is 2.09. The van der Waals surface area contributed by atoms with Gasteiger partial charge in [-0.05, 0) is 25.0 Å². The number of alkyl halides is 1. The molecule has 5 nitrogen and oxygen atoms in total. The highest BCUT2D eigenvalue weighted by Crippen LogP contribution is 2.14. The van der Waals surface area contributed by atoms with Crippen LogP contribution in [-0.4, -0.2) is 22.1 Å². The van der Waals surface area contributed by atoms with E-state index in [4.69, 9.17) is 16.3 Å². The van der Waals surface area contributed by atoms with Gasteiger partial charge in [-0.3, -0.25) is 9.59 Å². The number of aromatic nitrogens is 2. The Labute approximate surface area is 127 Å². The lowest BCUT2D eigenvalue weighted by molar-refractivity contribution is -0.141. The zero-order chi connectivity index (χ0) is 15.2. The summed E-state index contributed by atoms with van der Waals surface area (Å²) in [5.41, 5.74) is 0.582. The van der Waals surface area contributed by atoms with Crippen molar-refractivity contribution in [3.63, 3.8) is 0 Å². The monoisotopic (exact) mass is 308 g/mol. The van der Waals surface area contributed by atoms with Crippen LogP contribution in [0.3, 0.4) is 0 Å². The predicted octanol–water partition coefficient (Wildman–Crippen LogP) is 2.48. The van der Waals surface area contributed by atoms with Gasteiger partial charge in [0, 0.05) is 13.5 Å². The lowest BCUT2D eigenvalue weighted by atomic mass is 10.2. The normalized spacial score (nSPS) is 10.8. The second-order valence-corrected chi connectivity index (χ2v) is 4.95. The Balaban J connectivity index is 2.19. The molecular weight excluding hydrogens is 292 g/mol. The van der Waals surface area contributed by atoms with Gasteiger partial charge in [-0.15, -0.1) is 11.6 Å². The third kappa shape index (κ3) is 3.82. The molecule has 0 aliphatic heterocycles. The van der Waals surface area contributed by atoms with E-state index in [0.717, 1.165) is 18.4 Å². The van der Waals surface area contributed by atoms with Crippen LogP contribution in [0, 0.1) is 0 Å². The van der Waals surface area contributed by atoms with Crippen LogP contribution in [0.15, 0.2) is 29.1 Å². The molecule has 0 spiro atoms. The molecule has 1 aromatic carbocycles. The molecule has 0 saturated heterocycles. The molecule has 2 rings (SSSR count). The lowest BCUT2D eigenvalue weighted by Gasteiger charge is -2.14. The predicted molar refractivity (Wildman–Crippen MR) is 81.4 cm³/mol. The number of carbonyl (C=O) groups excluding carboxylic acids is 1. The Morgan fingerprint density at radius 3 is 2.81 bits per heavy atom. The fraction of sp³-hybridized carbons (Fsp3) is 0.400. The van der Waals surface area contributed by atoms with Crippen LogP contribution < -0.4 is 5.56 Å². The number of fused-ring (bicyclic) bond motifs is 1. The fourth-order valence-corrected chi connectivity index (χ4v) is 2.41. The minimum Gasteiger partial charge on any atom is -0.466 e. The minimum absolute atomic E-state index is 0.185. The van der Waals surface area contributed by atoms with E-state index in [-0.39, 0.29) is 17.4 Å². The SMILES string of the molecule is CC(=O)OCCCCn1c(CCl)nc(=O)c2ccccc21. The molecule has 2 aromatic rings. The van der Waals surface area contributed by atoms with Crippen LogP contribution >= 0.6 is 11.6 Å². The number of esters is 1. The summed E-state index contributed by atoms with van der Waals surface area (Å²) < 4.78 is 6.86. The molecule has 0 radical (unpaired) electrons. The maximum atomic E-state index is 11.9. The van der Waals surface area contributed by atoms with Gasteiger partial charge < -0.3 is 9.30 Å². The van der Waals surface area contributed by atoms with Gasteiger partial charge in [0.15, 0.2) is 0 Å². The van der Waals surface area contributed by atoms with Crippen LogP contribution in [-0.2, 0) is 22.0 Å². The van der Waals surface area contributed by atoms with Crippen LogP contribution in [0.2, 0.25) is 0 Å². The van der Waals surface area contributed by atoms with Crippen LogP contribution in [0.1, 0.15) is 25.6 Å². The molecule has 6 heteroatoms. The Bertz CT molecular complexity index is 697. The van der Waals surface area contributed by atoms with E-state index < -0.39 is 0 Å². The summed E-state index contributed by atoms with van der Waals surface area (Å²) in [6.45, 7) is 2.47. The summed E-state index contributed by atoms with van der Waals surface area (Å²) in [6, 6.07) is 7.35. The first-order valence-electron chi connectivity index (χ1n) is 6.81. The highest BCUT2D eigenvalue weighted by molar-refractivity contribution is 6.16. The summed E-state index contributed by atoms with van der Waals surface area (Å²) in [5.74, 6) is 0.476. The van der Waals surface area contributed by atoms with E-state index in [1.165, 1.54) is 6.92 Å². The van der Waals surface area contributed by atoms with Crippen molar-refractivity contribution in [2.75, 3.05) is 6.61 Å². The molecule has 21 heavy (non-hydrogen) atoms. The zero-order valence-corrected chi connectivity index (χ0v) is 12.6. The van der Waals surface area contributed by atoms with Crippen molar-refractivity contribution in [3.05, 3.63) is 40.4 Å². The molecule has 112 valence electrons. The van der Waals surface area contributed by atoms with Crippen molar-refractivity contribution < 1.29 is 9.53 Å². The summed E-state index contributed by atoms with van der Waals surface area (Å²) in [6.07, 6.45) is 1.56.